The lowest BCUT2D eigenvalue weighted by Gasteiger charge is -2.10. The number of benzene rings is 1. The van der Waals surface area contributed by atoms with Crippen LogP contribution in [0.3, 0.4) is 0 Å². The van der Waals surface area contributed by atoms with Crippen LogP contribution in [0, 0.1) is 0 Å². The third-order valence-corrected chi connectivity index (χ3v) is 3.16. The Bertz CT molecular complexity index is 332. The molecule has 1 saturated carbocycles. The van der Waals surface area contributed by atoms with Crippen LogP contribution in [-0.4, -0.2) is 16.5 Å². The van der Waals surface area contributed by atoms with Crippen molar-refractivity contribution in [2.75, 3.05) is 6.26 Å². The van der Waals surface area contributed by atoms with Crippen molar-refractivity contribution in [3.05, 3.63) is 23.8 Å². The summed E-state index contributed by atoms with van der Waals surface area (Å²) in [4.78, 5) is 1.02. The molecule has 0 heterocycles. The number of aromatic hydroxyl groups is 1. The van der Waals surface area contributed by atoms with E-state index in [1.165, 1.54) is 0 Å². The maximum atomic E-state index is 9.78. The molecule has 0 spiro atoms. The first kappa shape index (κ1) is 8.91. The molecule has 2 nitrogen and oxygen atoms in total. The van der Waals surface area contributed by atoms with Gasteiger partial charge in [-0.2, -0.15) is 0 Å². The molecule has 70 valence electrons. The highest BCUT2D eigenvalue weighted by Gasteiger charge is 2.43. The molecule has 1 aromatic rings. The molecule has 1 aliphatic carbocycles. The second kappa shape index (κ2) is 2.93. The standard InChI is InChI=1S/C10H12O2S/c1-13-7-2-3-8(9(11)6-7)10(12)4-5-10/h2-3,6,11-12H,4-5H2,1H3. The van der Waals surface area contributed by atoms with Crippen LogP contribution in [0.25, 0.3) is 0 Å². The average Bonchev–Trinajstić information content (AvgIpc) is 2.84. The molecule has 2 N–H and O–H groups in total. The van der Waals surface area contributed by atoms with E-state index in [0.717, 1.165) is 17.7 Å². The van der Waals surface area contributed by atoms with Gasteiger partial charge in [0.1, 0.15) is 5.75 Å². The fraction of sp³-hybridized carbons (Fsp3) is 0.400. The topological polar surface area (TPSA) is 40.5 Å². The highest BCUT2D eigenvalue weighted by Crippen LogP contribution is 2.48. The van der Waals surface area contributed by atoms with Crippen LogP contribution < -0.4 is 0 Å². The quantitative estimate of drug-likeness (QED) is 0.712. The zero-order chi connectivity index (χ0) is 9.47. The zero-order valence-corrected chi connectivity index (χ0v) is 8.27. The normalized spacial score (nSPS) is 18.6. The molecule has 13 heavy (non-hydrogen) atoms. The van der Waals surface area contributed by atoms with Gasteiger partial charge < -0.3 is 10.2 Å². The summed E-state index contributed by atoms with van der Waals surface area (Å²) in [6.07, 6.45) is 3.48. The molecular formula is C10H12O2S. The van der Waals surface area contributed by atoms with E-state index < -0.39 is 5.60 Å². The lowest BCUT2D eigenvalue weighted by molar-refractivity contribution is 0.147. The lowest BCUT2D eigenvalue weighted by Crippen LogP contribution is -2.03. The molecule has 0 saturated heterocycles. The summed E-state index contributed by atoms with van der Waals surface area (Å²) in [5.74, 6) is 0.215. The van der Waals surface area contributed by atoms with Gasteiger partial charge in [0.15, 0.2) is 0 Å². The van der Waals surface area contributed by atoms with Crippen LogP contribution in [-0.2, 0) is 5.60 Å². The van der Waals surface area contributed by atoms with E-state index in [0.29, 0.717) is 5.56 Å². The Balaban J connectivity index is 2.38. The van der Waals surface area contributed by atoms with Crippen LogP contribution in [0.4, 0.5) is 0 Å². The summed E-state index contributed by atoms with van der Waals surface area (Å²) in [5, 5.41) is 19.4. The van der Waals surface area contributed by atoms with E-state index in [1.54, 1.807) is 17.8 Å². The minimum Gasteiger partial charge on any atom is -0.508 e. The number of phenols is 1. The molecule has 1 aromatic carbocycles. The summed E-state index contributed by atoms with van der Waals surface area (Å²) < 4.78 is 0. The first-order valence-corrected chi connectivity index (χ1v) is 5.48. The Kier molecular flexibility index (Phi) is 2.00. The molecule has 3 heteroatoms. The van der Waals surface area contributed by atoms with Crippen molar-refractivity contribution < 1.29 is 10.2 Å². The first-order valence-electron chi connectivity index (χ1n) is 4.25. The van der Waals surface area contributed by atoms with Gasteiger partial charge >= 0.3 is 0 Å². The van der Waals surface area contributed by atoms with Crippen molar-refractivity contribution in [1.82, 2.24) is 0 Å². The van der Waals surface area contributed by atoms with E-state index in [9.17, 15) is 10.2 Å². The Morgan fingerprint density at radius 1 is 1.38 bits per heavy atom. The van der Waals surface area contributed by atoms with Crippen molar-refractivity contribution >= 4 is 11.8 Å². The maximum absolute atomic E-state index is 9.78. The Morgan fingerprint density at radius 2 is 2.08 bits per heavy atom. The third kappa shape index (κ3) is 1.54. The Labute approximate surface area is 81.6 Å². The van der Waals surface area contributed by atoms with Gasteiger partial charge in [-0.05, 0) is 31.2 Å². The molecular weight excluding hydrogens is 184 g/mol. The first-order chi connectivity index (χ1) is 6.15. The number of hydrogen-bond acceptors (Lipinski definition) is 3. The Hall–Kier alpha value is -0.670. The summed E-state index contributed by atoms with van der Waals surface area (Å²) in [7, 11) is 0. The fourth-order valence-electron chi connectivity index (χ4n) is 1.42. The molecule has 1 fully saturated rings. The predicted molar refractivity (Wildman–Crippen MR) is 53.0 cm³/mol. The van der Waals surface area contributed by atoms with Gasteiger partial charge in [0.2, 0.25) is 0 Å². The zero-order valence-electron chi connectivity index (χ0n) is 7.45. The van der Waals surface area contributed by atoms with Gasteiger partial charge in [-0.1, -0.05) is 6.07 Å². The van der Waals surface area contributed by atoms with Crippen molar-refractivity contribution in [2.45, 2.75) is 23.3 Å². The van der Waals surface area contributed by atoms with E-state index in [-0.39, 0.29) is 5.75 Å². The average molecular weight is 196 g/mol. The number of rotatable bonds is 2. The predicted octanol–water partition coefficient (Wildman–Crippen LogP) is 2.10. The summed E-state index contributed by atoms with van der Waals surface area (Å²) >= 11 is 1.58. The van der Waals surface area contributed by atoms with Crippen molar-refractivity contribution in [1.29, 1.82) is 0 Å². The monoisotopic (exact) mass is 196 g/mol. The van der Waals surface area contributed by atoms with E-state index in [2.05, 4.69) is 0 Å². The molecule has 0 bridgehead atoms. The van der Waals surface area contributed by atoms with Crippen molar-refractivity contribution in [3.63, 3.8) is 0 Å². The lowest BCUT2D eigenvalue weighted by atomic mass is 10.1. The van der Waals surface area contributed by atoms with Gasteiger partial charge in [0, 0.05) is 10.5 Å². The summed E-state index contributed by atoms with van der Waals surface area (Å²) in [6, 6.07) is 5.44. The fourth-order valence-corrected chi connectivity index (χ4v) is 1.85. The van der Waals surface area contributed by atoms with Crippen LogP contribution in [0.15, 0.2) is 23.1 Å². The van der Waals surface area contributed by atoms with Crippen LogP contribution in [0.5, 0.6) is 5.75 Å². The van der Waals surface area contributed by atoms with Gasteiger partial charge in [-0.25, -0.2) is 0 Å². The summed E-state index contributed by atoms with van der Waals surface area (Å²) in [6.45, 7) is 0. The molecule has 0 aromatic heterocycles. The largest absolute Gasteiger partial charge is 0.508 e. The highest BCUT2D eigenvalue weighted by atomic mass is 32.2. The minimum atomic E-state index is -0.735. The third-order valence-electron chi connectivity index (χ3n) is 2.43. The molecule has 1 aliphatic rings. The molecule has 0 atom stereocenters. The second-order valence-electron chi connectivity index (χ2n) is 3.41. The molecule has 0 aliphatic heterocycles. The molecule has 0 amide bonds. The van der Waals surface area contributed by atoms with Crippen LogP contribution in [0.1, 0.15) is 18.4 Å². The molecule has 2 rings (SSSR count). The van der Waals surface area contributed by atoms with E-state index >= 15 is 0 Å². The molecule has 0 radical (unpaired) electrons. The van der Waals surface area contributed by atoms with Crippen LogP contribution >= 0.6 is 11.8 Å². The minimum absolute atomic E-state index is 0.215. The highest BCUT2D eigenvalue weighted by molar-refractivity contribution is 7.98. The van der Waals surface area contributed by atoms with Gasteiger partial charge in [-0.15, -0.1) is 11.8 Å². The molecule has 0 unspecified atom stereocenters. The number of thioether (sulfide) groups is 1. The van der Waals surface area contributed by atoms with Crippen molar-refractivity contribution in [3.8, 4) is 5.75 Å². The number of hydrogen-bond donors (Lipinski definition) is 2. The van der Waals surface area contributed by atoms with Gasteiger partial charge in [0.25, 0.3) is 0 Å². The van der Waals surface area contributed by atoms with E-state index in [4.69, 9.17) is 0 Å². The second-order valence-corrected chi connectivity index (χ2v) is 4.29. The maximum Gasteiger partial charge on any atom is 0.122 e. The summed E-state index contributed by atoms with van der Waals surface area (Å²) in [5.41, 5.74) is -0.0635. The Morgan fingerprint density at radius 3 is 2.54 bits per heavy atom. The van der Waals surface area contributed by atoms with Gasteiger partial charge in [0.05, 0.1) is 5.60 Å². The van der Waals surface area contributed by atoms with Crippen LogP contribution in [0.2, 0.25) is 0 Å². The van der Waals surface area contributed by atoms with E-state index in [1.807, 2.05) is 18.4 Å². The number of aliphatic hydroxyl groups is 1. The SMILES string of the molecule is CSc1ccc(C2(O)CC2)c(O)c1. The van der Waals surface area contributed by atoms with Gasteiger partial charge in [-0.3, -0.25) is 0 Å². The smallest absolute Gasteiger partial charge is 0.122 e. The van der Waals surface area contributed by atoms with Crippen molar-refractivity contribution in [2.24, 2.45) is 0 Å². The number of phenolic OH excluding ortho intramolecular Hbond substituents is 1.